The molecule has 0 bridgehead atoms. The predicted octanol–water partition coefficient (Wildman–Crippen LogP) is 2.22. The molecule has 20 heavy (non-hydrogen) atoms. The van der Waals surface area contributed by atoms with E-state index in [0.717, 1.165) is 49.2 Å². The summed E-state index contributed by atoms with van der Waals surface area (Å²) >= 11 is 0. The summed E-state index contributed by atoms with van der Waals surface area (Å²) in [6.07, 6.45) is 9.36. The molecule has 1 fully saturated rings. The quantitative estimate of drug-likeness (QED) is 0.801. The first-order valence-corrected chi connectivity index (χ1v) is 7.20. The van der Waals surface area contributed by atoms with Gasteiger partial charge in [0.05, 0.1) is 17.6 Å². The Morgan fingerprint density at radius 3 is 2.90 bits per heavy atom. The third-order valence-corrected chi connectivity index (χ3v) is 4.29. The van der Waals surface area contributed by atoms with Gasteiger partial charge in [-0.25, -0.2) is 0 Å². The van der Waals surface area contributed by atoms with Gasteiger partial charge in [0.25, 0.3) is 0 Å². The molecule has 0 aromatic rings. The second kappa shape index (κ2) is 5.63. The molecule has 0 atom stereocenters. The van der Waals surface area contributed by atoms with Crippen molar-refractivity contribution in [1.82, 2.24) is 9.97 Å². The fourth-order valence-electron chi connectivity index (χ4n) is 2.96. The second-order valence-electron chi connectivity index (χ2n) is 5.57. The van der Waals surface area contributed by atoms with E-state index >= 15 is 0 Å². The van der Waals surface area contributed by atoms with E-state index in [1.165, 1.54) is 0 Å². The third kappa shape index (κ3) is 2.54. The van der Waals surface area contributed by atoms with Crippen LogP contribution in [0.25, 0.3) is 11.3 Å². The zero-order chi connectivity index (χ0) is 13.9. The van der Waals surface area contributed by atoms with Crippen LogP contribution in [0.4, 0.5) is 5.69 Å². The molecule has 1 saturated carbocycles. The zero-order valence-corrected chi connectivity index (χ0v) is 11.4. The van der Waals surface area contributed by atoms with Gasteiger partial charge >= 0.3 is 0 Å². The maximum absolute atomic E-state index is 12.4. The van der Waals surface area contributed by atoms with Crippen molar-refractivity contribution in [2.24, 2.45) is 17.6 Å². The van der Waals surface area contributed by atoms with Crippen molar-refractivity contribution in [2.45, 2.75) is 25.7 Å². The van der Waals surface area contributed by atoms with E-state index in [-0.39, 0.29) is 11.8 Å². The molecule has 0 aromatic carbocycles. The number of aromatic nitrogens is 2. The molecule has 5 heteroatoms. The maximum atomic E-state index is 12.4. The number of amides is 1. The van der Waals surface area contributed by atoms with Gasteiger partial charge in [-0.05, 0) is 44.2 Å². The number of aromatic amines is 1. The molecule has 3 aliphatic rings. The van der Waals surface area contributed by atoms with Gasteiger partial charge in [0.1, 0.15) is 0 Å². The minimum atomic E-state index is 0.111. The average Bonchev–Trinajstić information content (AvgIpc) is 2.97. The summed E-state index contributed by atoms with van der Waals surface area (Å²) in [6, 6.07) is 1.88. The summed E-state index contributed by atoms with van der Waals surface area (Å²) in [4.78, 5) is 19.6. The first kappa shape index (κ1) is 13.1. The molecule has 2 aliphatic heterocycles. The van der Waals surface area contributed by atoms with Crippen molar-refractivity contribution in [1.29, 1.82) is 0 Å². The van der Waals surface area contributed by atoms with Crippen LogP contribution in [0, 0.1) is 11.8 Å². The van der Waals surface area contributed by atoms with Gasteiger partial charge in [-0.1, -0.05) is 0 Å². The zero-order valence-electron chi connectivity index (χ0n) is 11.4. The fraction of sp³-hybridized carbons (Fsp3) is 0.467. The number of nitrogens with one attached hydrogen (secondary N) is 2. The number of carbonyl (C=O) groups is 1. The minimum absolute atomic E-state index is 0.111. The van der Waals surface area contributed by atoms with Crippen LogP contribution in [0.15, 0.2) is 24.7 Å². The Labute approximate surface area is 118 Å². The smallest absolute Gasteiger partial charge is 0.227 e. The van der Waals surface area contributed by atoms with Crippen molar-refractivity contribution in [3.05, 3.63) is 24.7 Å². The highest BCUT2D eigenvalue weighted by atomic mass is 16.1. The Hall–Kier alpha value is -1.88. The third-order valence-electron chi connectivity index (χ3n) is 4.29. The van der Waals surface area contributed by atoms with Crippen molar-refractivity contribution in [2.75, 3.05) is 11.9 Å². The minimum Gasteiger partial charge on any atom is -0.360 e. The van der Waals surface area contributed by atoms with Crippen molar-refractivity contribution in [3.63, 3.8) is 0 Å². The van der Waals surface area contributed by atoms with Crippen molar-refractivity contribution < 1.29 is 4.79 Å². The maximum Gasteiger partial charge on any atom is 0.227 e. The topological polar surface area (TPSA) is 83.8 Å². The van der Waals surface area contributed by atoms with E-state index in [1.54, 1.807) is 12.4 Å². The van der Waals surface area contributed by atoms with Crippen LogP contribution in [-0.2, 0) is 4.79 Å². The van der Waals surface area contributed by atoms with Crippen LogP contribution in [0.5, 0.6) is 0 Å². The molecule has 0 unspecified atom stereocenters. The molecular formula is C15H20N4O. The van der Waals surface area contributed by atoms with Gasteiger partial charge in [-0.2, -0.15) is 0 Å². The van der Waals surface area contributed by atoms with E-state index in [4.69, 9.17) is 5.73 Å². The summed E-state index contributed by atoms with van der Waals surface area (Å²) in [5.74, 6) is 0.825. The molecule has 0 aromatic heterocycles. The van der Waals surface area contributed by atoms with Crippen LogP contribution in [0.3, 0.4) is 0 Å². The summed E-state index contributed by atoms with van der Waals surface area (Å²) in [7, 11) is 0. The van der Waals surface area contributed by atoms with Gasteiger partial charge in [-0.3, -0.25) is 9.78 Å². The van der Waals surface area contributed by atoms with Crippen LogP contribution in [0.2, 0.25) is 0 Å². The molecular weight excluding hydrogens is 252 g/mol. The second-order valence-corrected chi connectivity index (χ2v) is 5.57. The van der Waals surface area contributed by atoms with E-state index in [2.05, 4.69) is 15.3 Å². The highest BCUT2D eigenvalue weighted by molar-refractivity contribution is 5.96. The summed E-state index contributed by atoms with van der Waals surface area (Å²) < 4.78 is 0. The van der Waals surface area contributed by atoms with Gasteiger partial charge < -0.3 is 16.0 Å². The molecule has 3 rings (SSSR count). The van der Waals surface area contributed by atoms with Gasteiger partial charge in [0, 0.05) is 23.9 Å². The number of hydrogen-bond acceptors (Lipinski definition) is 3. The molecule has 0 spiro atoms. The first-order chi connectivity index (χ1) is 9.78. The lowest BCUT2D eigenvalue weighted by atomic mass is 9.81. The largest absolute Gasteiger partial charge is 0.360 e. The number of carbonyl (C=O) groups excluding carboxylic acids is 1. The highest BCUT2D eigenvalue weighted by Gasteiger charge is 2.26. The molecule has 2 heterocycles. The van der Waals surface area contributed by atoms with Crippen LogP contribution in [0.1, 0.15) is 25.7 Å². The number of rotatable bonds is 3. The van der Waals surface area contributed by atoms with Crippen LogP contribution in [-0.4, -0.2) is 22.4 Å². The fourth-order valence-corrected chi connectivity index (χ4v) is 2.96. The lowest BCUT2D eigenvalue weighted by Gasteiger charge is -2.27. The molecule has 0 radical (unpaired) electrons. The van der Waals surface area contributed by atoms with Gasteiger partial charge in [0.15, 0.2) is 0 Å². The standard InChI is InChI=1S/C15H20N4O/c16-7-10-1-3-11(4-2-10)15(20)19-13-5-6-18-14-9-17-8-12(13)14/h5-6,8-11,18H,1-4,7,16H2,(H,19,20)/t10-,11-. The highest BCUT2D eigenvalue weighted by Crippen LogP contribution is 2.31. The lowest BCUT2D eigenvalue weighted by molar-refractivity contribution is -0.121. The number of pyridine rings is 1. The molecule has 0 saturated heterocycles. The van der Waals surface area contributed by atoms with Gasteiger partial charge in [0.2, 0.25) is 5.91 Å². The number of nitrogens with two attached hydrogens (primary N) is 1. The number of fused-ring (bicyclic) bond motifs is 1. The summed E-state index contributed by atoms with van der Waals surface area (Å²) in [6.45, 7) is 0.739. The lowest BCUT2D eigenvalue weighted by Crippen LogP contribution is -2.29. The Morgan fingerprint density at radius 2 is 2.15 bits per heavy atom. The molecule has 5 nitrogen and oxygen atoms in total. The van der Waals surface area contributed by atoms with Crippen molar-refractivity contribution in [3.8, 4) is 11.3 Å². The Balaban J connectivity index is 1.66. The normalized spacial score (nSPS) is 22.9. The van der Waals surface area contributed by atoms with E-state index in [9.17, 15) is 4.79 Å². The molecule has 4 N–H and O–H groups in total. The van der Waals surface area contributed by atoms with E-state index in [0.29, 0.717) is 5.92 Å². The Bertz CT molecular complexity index is 557. The number of anilines is 1. The number of nitrogens with zero attached hydrogens (tertiary/aromatic N) is 1. The van der Waals surface area contributed by atoms with Crippen LogP contribution >= 0.6 is 0 Å². The SMILES string of the molecule is NC[C@H]1CC[C@H](C(=O)Nc2cc[nH]c3cncc2-3)CC1. The summed E-state index contributed by atoms with van der Waals surface area (Å²) in [5.41, 5.74) is 8.42. The number of hydrogen-bond donors (Lipinski definition) is 3. The van der Waals surface area contributed by atoms with Gasteiger partial charge in [-0.15, -0.1) is 0 Å². The Morgan fingerprint density at radius 1 is 1.35 bits per heavy atom. The molecule has 1 aliphatic carbocycles. The predicted molar refractivity (Wildman–Crippen MR) is 78.3 cm³/mol. The number of H-pyrrole nitrogens is 1. The molecule has 1 amide bonds. The summed E-state index contributed by atoms with van der Waals surface area (Å²) in [5, 5.41) is 3.04. The average molecular weight is 272 g/mol. The van der Waals surface area contributed by atoms with E-state index < -0.39 is 0 Å². The first-order valence-electron chi connectivity index (χ1n) is 7.20. The van der Waals surface area contributed by atoms with Crippen LogP contribution < -0.4 is 11.1 Å². The Kier molecular flexibility index (Phi) is 3.69. The van der Waals surface area contributed by atoms with Crippen molar-refractivity contribution >= 4 is 11.6 Å². The van der Waals surface area contributed by atoms with E-state index in [1.807, 2.05) is 12.3 Å². The monoisotopic (exact) mass is 272 g/mol. The molecule has 106 valence electrons.